The van der Waals surface area contributed by atoms with Gasteiger partial charge in [0.2, 0.25) is 17.7 Å². The third kappa shape index (κ3) is 5.23. The number of benzene rings is 1. The molecule has 1 aromatic rings. The van der Waals surface area contributed by atoms with Crippen LogP contribution >= 0.6 is 0 Å². The van der Waals surface area contributed by atoms with Gasteiger partial charge in [-0.15, -0.1) is 13.2 Å². The van der Waals surface area contributed by atoms with Gasteiger partial charge < -0.3 is 24.5 Å². The molecule has 3 heterocycles. The van der Waals surface area contributed by atoms with E-state index in [9.17, 15) is 19.5 Å². The number of hydrogen-bond donors (Lipinski definition) is 1. The Morgan fingerprint density at radius 1 is 1.07 bits per heavy atom. The summed E-state index contributed by atoms with van der Waals surface area (Å²) in [5.74, 6) is -1.77. The molecule has 2 bridgehead atoms. The maximum absolute atomic E-state index is 14.5. The van der Waals surface area contributed by atoms with Crippen LogP contribution in [0.15, 0.2) is 55.6 Å². The highest BCUT2D eigenvalue weighted by Crippen LogP contribution is 2.64. The van der Waals surface area contributed by atoms with Crippen molar-refractivity contribution in [2.75, 3.05) is 33.3 Å². The van der Waals surface area contributed by atoms with Crippen LogP contribution in [0.1, 0.15) is 57.4 Å². The lowest BCUT2D eigenvalue weighted by Crippen LogP contribution is -2.56. The Balaban J connectivity index is 1.72. The van der Waals surface area contributed by atoms with Gasteiger partial charge in [-0.1, -0.05) is 62.2 Å². The number of unbranched alkanes of at least 4 members (excludes halogenated alkanes) is 3. The first-order valence-corrected chi connectivity index (χ1v) is 14.7. The Bertz CT molecular complexity index is 1090. The Morgan fingerprint density at radius 3 is 2.42 bits per heavy atom. The number of aliphatic hydroxyl groups excluding tert-OH is 1. The zero-order valence-corrected chi connectivity index (χ0v) is 24.1. The average Bonchev–Trinajstić information content (AvgIpc) is 3.56. The van der Waals surface area contributed by atoms with Crippen LogP contribution in [0.5, 0.6) is 0 Å². The van der Waals surface area contributed by atoms with Crippen molar-refractivity contribution in [1.29, 1.82) is 0 Å². The Kier molecular flexibility index (Phi) is 9.52. The van der Waals surface area contributed by atoms with E-state index >= 15 is 0 Å². The summed E-state index contributed by atoms with van der Waals surface area (Å²) < 4.78 is 6.90. The van der Waals surface area contributed by atoms with Gasteiger partial charge in [0.25, 0.3) is 0 Å². The molecule has 8 nitrogen and oxygen atoms in total. The number of carbonyl (C=O) groups excluding carboxylic acids is 3. The number of carbonyl (C=O) groups is 3. The molecule has 2 unspecified atom stereocenters. The Hall–Kier alpha value is -2.97. The lowest BCUT2D eigenvalue weighted by molar-refractivity contribution is -0.155. The molecule has 0 radical (unpaired) electrons. The van der Waals surface area contributed by atoms with E-state index in [1.54, 1.807) is 33.9 Å². The number of amides is 3. The second-order valence-electron chi connectivity index (χ2n) is 11.5. The molecule has 4 rings (SSSR count). The van der Waals surface area contributed by atoms with Gasteiger partial charge in [0, 0.05) is 39.8 Å². The zero-order chi connectivity index (χ0) is 28.9. The van der Waals surface area contributed by atoms with Crippen molar-refractivity contribution in [2.45, 2.75) is 75.7 Å². The fourth-order valence-electron chi connectivity index (χ4n) is 7.25. The molecule has 0 aromatic heterocycles. The lowest BCUT2D eigenvalue weighted by atomic mass is 9.64. The van der Waals surface area contributed by atoms with E-state index in [-0.39, 0.29) is 24.3 Å². The minimum atomic E-state index is -1.04. The monoisotopic (exact) mass is 551 g/mol. The molecule has 1 spiro atoms. The van der Waals surface area contributed by atoms with Crippen LogP contribution < -0.4 is 0 Å². The molecule has 0 aliphatic carbocycles. The Labute approximate surface area is 238 Å². The molecule has 1 N–H and O–H groups in total. The van der Waals surface area contributed by atoms with Crippen molar-refractivity contribution in [1.82, 2.24) is 14.7 Å². The highest BCUT2D eigenvalue weighted by Gasteiger charge is 2.78. The van der Waals surface area contributed by atoms with Crippen molar-refractivity contribution in [2.24, 2.45) is 11.8 Å². The predicted molar refractivity (Wildman–Crippen MR) is 154 cm³/mol. The van der Waals surface area contributed by atoms with Crippen LogP contribution in [0.3, 0.4) is 0 Å². The summed E-state index contributed by atoms with van der Waals surface area (Å²) in [4.78, 5) is 47.8. The first kappa shape index (κ1) is 30.0. The van der Waals surface area contributed by atoms with Crippen LogP contribution in [0.4, 0.5) is 0 Å². The standard InChI is InChI=1S/C32H45N3O5/c1-5-19-33(4)28(37)25-26-29(38)35(21-13-8-9-14-22-36)27(32(26)18-17-31(25,7-3)40-32)30(39)34(20-6-2)23-24-15-11-10-12-16-24/h5-6,10-12,15-16,25-27,36H,1-2,7-9,13-14,17-23H2,3-4H3/t25-,26+,27?,31+,32?/m1/s1. The number of hydrogen-bond acceptors (Lipinski definition) is 5. The normalized spacial score (nSPS) is 28.4. The van der Waals surface area contributed by atoms with Crippen LogP contribution in [0.25, 0.3) is 0 Å². The maximum atomic E-state index is 14.5. The van der Waals surface area contributed by atoms with E-state index in [4.69, 9.17) is 4.74 Å². The summed E-state index contributed by atoms with van der Waals surface area (Å²) in [7, 11) is 1.73. The summed E-state index contributed by atoms with van der Waals surface area (Å²) in [6.07, 6.45) is 8.31. The second-order valence-corrected chi connectivity index (χ2v) is 11.5. The topological polar surface area (TPSA) is 90.4 Å². The fourth-order valence-corrected chi connectivity index (χ4v) is 7.25. The fraction of sp³-hybridized carbons (Fsp3) is 0.594. The van der Waals surface area contributed by atoms with Crippen molar-refractivity contribution in [3.05, 3.63) is 61.2 Å². The van der Waals surface area contributed by atoms with Gasteiger partial charge in [0.1, 0.15) is 11.6 Å². The van der Waals surface area contributed by atoms with Crippen LogP contribution in [-0.2, 0) is 25.7 Å². The SMILES string of the molecule is C=CCN(C)C(=O)[C@H]1[C@H]2C(=O)N(CCCCCCO)C(C(=O)N(CC=C)Cc3ccccc3)C23CC[C@]1(CC)O3. The molecule has 3 aliphatic rings. The molecule has 3 fully saturated rings. The van der Waals surface area contributed by atoms with E-state index in [1.807, 2.05) is 37.3 Å². The number of nitrogens with zero attached hydrogens (tertiary/aromatic N) is 3. The van der Waals surface area contributed by atoms with Gasteiger partial charge in [-0.05, 0) is 37.7 Å². The second kappa shape index (κ2) is 12.7. The molecule has 3 saturated heterocycles. The van der Waals surface area contributed by atoms with Crippen LogP contribution in [-0.4, -0.2) is 88.1 Å². The Morgan fingerprint density at radius 2 is 1.77 bits per heavy atom. The van der Waals surface area contributed by atoms with E-state index in [0.717, 1.165) is 18.4 Å². The number of fused-ring (bicyclic) bond motifs is 1. The quantitative estimate of drug-likeness (QED) is 0.266. The lowest BCUT2D eigenvalue weighted by Gasteiger charge is -2.37. The first-order valence-electron chi connectivity index (χ1n) is 14.7. The zero-order valence-electron chi connectivity index (χ0n) is 24.1. The highest BCUT2D eigenvalue weighted by molar-refractivity contribution is 5.99. The summed E-state index contributed by atoms with van der Waals surface area (Å²) in [6, 6.07) is 9.00. The first-order chi connectivity index (χ1) is 19.3. The third-order valence-corrected chi connectivity index (χ3v) is 9.14. The largest absolute Gasteiger partial charge is 0.396 e. The third-order valence-electron chi connectivity index (χ3n) is 9.14. The highest BCUT2D eigenvalue weighted by atomic mass is 16.5. The van der Waals surface area contributed by atoms with Crippen molar-refractivity contribution in [3.63, 3.8) is 0 Å². The summed E-state index contributed by atoms with van der Waals surface area (Å²) in [5.41, 5.74) is -0.811. The molecular formula is C32H45N3O5. The molecule has 3 amide bonds. The van der Waals surface area contributed by atoms with Gasteiger partial charge in [0.15, 0.2) is 0 Å². The molecule has 3 aliphatic heterocycles. The minimum absolute atomic E-state index is 0.120. The van der Waals surface area contributed by atoms with E-state index in [2.05, 4.69) is 13.2 Å². The van der Waals surface area contributed by atoms with Gasteiger partial charge in [0.05, 0.1) is 17.4 Å². The summed E-state index contributed by atoms with van der Waals surface area (Å²) in [6.45, 7) is 11.3. The summed E-state index contributed by atoms with van der Waals surface area (Å²) in [5, 5.41) is 9.18. The molecule has 1 aromatic carbocycles. The van der Waals surface area contributed by atoms with Gasteiger partial charge >= 0.3 is 0 Å². The number of likely N-dealkylation sites (tertiary alicyclic amines) is 1. The number of likely N-dealkylation sites (N-methyl/N-ethyl adjacent to an activating group) is 1. The van der Waals surface area contributed by atoms with Gasteiger partial charge in [-0.3, -0.25) is 14.4 Å². The van der Waals surface area contributed by atoms with Gasteiger partial charge in [-0.2, -0.15) is 0 Å². The minimum Gasteiger partial charge on any atom is -0.396 e. The molecule has 8 heteroatoms. The number of ether oxygens (including phenoxy) is 1. The summed E-state index contributed by atoms with van der Waals surface area (Å²) >= 11 is 0. The van der Waals surface area contributed by atoms with E-state index in [1.165, 1.54) is 0 Å². The van der Waals surface area contributed by atoms with Crippen molar-refractivity contribution in [3.8, 4) is 0 Å². The van der Waals surface area contributed by atoms with Crippen molar-refractivity contribution < 1.29 is 24.2 Å². The molecular weight excluding hydrogens is 506 g/mol. The van der Waals surface area contributed by atoms with E-state index < -0.39 is 29.1 Å². The molecule has 0 saturated carbocycles. The average molecular weight is 552 g/mol. The van der Waals surface area contributed by atoms with Crippen molar-refractivity contribution >= 4 is 17.7 Å². The van der Waals surface area contributed by atoms with E-state index in [0.29, 0.717) is 58.3 Å². The van der Waals surface area contributed by atoms with Crippen LogP contribution in [0, 0.1) is 11.8 Å². The molecule has 40 heavy (non-hydrogen) atoms. The molecule has 218 valence electrons. The smallest absolute Gasteiger partial charge is 0.248 e. The maximum Gasteiger partial charge on any atom is 0.248 e. The molecule has 5 atom stereocenters. The van der Waals surface area contributed by atoms with Gasteiger partial charge in [-0.25, -0.2) is 0 Å². The van der Waals surface area contributed by atoms with Crippen LogP contribution in [0.2, 0.25) is 0 Å². The predicted octanol–water partition coefficient (Wildman–Crippen LogP) is 3.55. The number of aliphatic hydroxyl groups is 1. The number of rotatable bonds is 15.